The van der Waals surface area contributed by atoms with E-state index in [1.165, 1.54) is 0 Å². The summed E-state index contributed by atoms with van der Waals surface area (Å²) in [6.07, 6.45) is 8.17. The Kier molecular flexibility index (Phi) is 3.74. The maximum Gasteiger partial charge on any atom is 0.0656 e. The normalized spacial score (nSPS) is 26.4. The van der Waals surface area contributed by atoms with Crippen LogP contribution in [-0.4, -0.2) is 35.1 Å². The van der Waals surface area contributed by atoms with Gasteiger partial charge in [0.1, 0.15) is 0 Å². The van der Waals surface area contributed by atoms with Gasteiger partial charge in [-0.15, -0.1) is 0 Å². The third-order valence-electron chi connectivity index (χ3n) is 2.66. The molecule has 2 atom stereocenters. The van der Waals surface area contributed by atoms with E-state index in [1.54, 1.807) is 0 Å². The van der Waals surface area contributed by atoms with Crippen LogP contribution in [0, 0.1) is 0 Å². The zero-order valence-electron chi connectivity index (χ0n) is 9.89. The summed E-state index contributed by atoms with van der Waals surface area (Å²) < 4.78 is 7.40. The Hall–Kier alpha value is -1.13. The summed E-state index contributed by atoms with van der Waals surface area (Å²) in [7, 11) is 0. The van der Waals surface area contributed by atoms with Crippen molar-refractivity contribution in [2.24, 2.45) is 0 Å². The average Bonchev–Trinajstić information content (AvgIpc) is 2.74. The van der Waals surface area contributed by atoms with E-state index < -0.39 is 0 Å². The summed E-state index contributed by atoms with van der Waals surface area (Å²) in [4.78, 5) is 0. The van der Waals surface area contributed by atoms with Gasteiger partial charge in [0.15, 0.2) is 0 Å². The number of aromatic nitrogens is 2. The number of rotatable bonds is 3. The van der Waals surface area contributed by atoms with E-state index in [2.05, 4.69) is 36.4 Å². The molecule has 1 aliphatic rings. The van der Waals surface area contributed by atoms with Crippen LogP contribution in [-0.2, 0) is 11.3 Å². The van der Waals surface area contributed by atoms with E-state index in [0.29, 0.717) is 12.1 Å². The number of aryl methyl sites for hydroxylation is 1. The minimum absolute atomic E-state index is 0.314. The van der Waals surface area contributed by atoms with Crippen molar-refractivity contribution in [1.82, 2.24) is 15.1 Å². The Balaban J connectivity index is 1.92. The summed E-state index contributed by atoms with van der Waals surface area (Å²) in [6.45, 7) is 6.68. The average molecular weight is 221 g/mol. The van der Waals surface area contributed by atoms with E-state index in [1.807, 2.05) is 17.1 Å². The standard InChI is InChI=1S/C12H19N3O/c1-3-15-7-11(6-13-15)4-5-12-9-16-8-10(2)14-12/h4-7,10,12,14H,3,8-9H2,1-2H3/b5-4+. The fourth-order valence-electron chi connectivity index (χ4n) is 1.81. The van der Waals surface area contributed by atoms with Gasteiger partial charge < -0.3 is 10.1 Å². The first-order valence-electron chi connectivity index (χ1n) is 5.82. The smallest absolute Gasteiger partial charge is 0.0656 e. The third kappa shape index (κ3) is 2.93. The summed E-state index contributed by atoms with van der Waals surface area (Å²) >= 11 is 0. The summed E-state index contributed by atoms with van der Waals surface area (Å²) in [5.74, 6) is 0. The maximum absolute atomic E-state index is 5.47. The van der Waals surface area contributed by atoms with E-state index in [4.69, 9.17) is 4.74 Å². The van der Waals surface area contributed by atoms with Crippen molar-refractivity contribution in [3.8, 4) is 0 Å². The number of ether oxygens (including phenoxy) is 1. The topological polar surface area (TPSA) is 39.1 Å². The lowest BCUT2D eigenvalue weighted by Crippen LogP contribution is -2.46. The highest BCUT2D eigenvalue weighted by Crippen LogP contribution is 2.05. The highest BCUT2D eigenvalue weighted by atomic mass is 16.5. The van der Waals surface area contributed by atoms with Crippen LogP contribution in [0.1, 0.15) is 19.4 Å². The van der Waals surface area contributed by atoms with Gasteiger partial charge in [-0.05, 0) is 13.8 Å². The van der Waals surface area contributed by atoms with Gasteiger partial charge >= 0.3 is 0 Å². The Morgan fingerprint density at radius 2 is 2.50 bits per heavy atom. The molecule has 0 spiro atoms. The Bertz CT molecular complexity index is 359. The van der Waals surface area contributed by atoms with E-state index in [0.717, 1.165) is 25.3 Å². The van der Waals surface area contributed by atoms with Crippen molar-refractivity contribution in [1.29, 1.82) is 0 Å². The zero-order chi connectivity index (χ0) is 11.4. The highest BCUT2D eigenvalue weighted by molar-refractivity contribution is 5.47. The predicted octanol–water partition coefficient (Wildman–Crippen LogP) is 1.29. The molecule has 1 N–H and O–H groups in total. The van der Waals surface area contributed by atoms with Crippen molar-refractivity contribution in [3.63, 3.8) is 0 Å². The molecule has 4 nitrogen and oxygen atoms in total. The molecule has 0 amide bonds. The molecule has 1 aromatic rings. The molecular formula is C12H19N3O. The Morgan fingerprint density at radius 1 is 1.62 bits per heavy atom. The predicted molar refractivity (Wildman–Crippen MR) is 64.1 cm³/mol. The molecule has 0 aromatic carbocycles. The molecular weight excluding hydrogens is 202 g/mol. The minimum Gasteiger partial charge on any atom is -0.378 e. The second-order valence-electron chi connectivity index (χ2n) is 4.20. The van der Waals surface area contributed by atoms with Crippen LogP contribution in [0.15, 0.2) is 18.5 Å². The number of morpholine rings is 1. The fourth-order valence-corrected chi connectivity index (χ4v) is 1.81. The molecule has 0 saturated carbocycles. The molecule has 1 aliphatic heterocycles. The van der Waals surface area contributed by atoms with Crippen LogP contribution >= 0.6 is 0 Å². The number of hydrogen-bond donors (Lipinski definition) is 1. The van der Waals surface area contributed by atoms with Crippen LogP contribution in [0.2, 0.25) is 0 Å². The van der Waals surface area contributed by atoms with Gasteiger partial charge in [-0.2, -0.15) is 5.10 Å². The first kappa shape index (κ1) is 11.4. The molecule has 0 radical (unpaired) electrons. The molecule has 0 bridgehead atoms. The first-order chi connectivity index (χ1) is 7.78. The highest BCUT2D eigenvalue weighted by Gasteiger charge is 2.15. The van der Waals surface area contributed by atoms with Crippen molar-refractivity contribution in [3.05, 3.63) is 24.0 Å². The zero-order valence-corrected chi connectivity index (χ0v) is 9.89. The van der Waals surface area contributed by atoms with Crippen molar-refractivity contribution >= 4 is 6.08 Å². The molecule has 1 aromatic heterocycles. The van der Waals surface area contributed by atoms with Crippen molar-refractivity contribution in [2.75, 3.05) is 13.2 Å². The molecule has 4 heteroatoms. The molecule has 1 saturated heterocycles. The lowest BCUT2D eigenvalue weighted by atomic mass is 10.2. The maximum atomic E-state index is 5.47. The van der Waals surface area contributed by atoms with E-state index in [9.17, 15) is 0 Å². The number of nitrogens with zero attached hydrogens (tertiary/aromatic N) is 2. The molecule has 88 valence electrons. The van der Waals surface area contributed by atoms with Gasteiger partial charge in [0, 0.05) is 30.4 Å². The quantitative estimate of drug-likeness (QED) is 0.836. The monoisotopic (exact) mass is 221 g/mol. The minimum atomic E-state index is 0.314. The Labute approximate surface area is 96.3 Å². The SMILES string of the molecule is CCn1cc(/C=C/C2COCC(C)N2)cn1. The lowest BCUT2D eigenvalue weighted by Gasteiger charge is -2.26. The van der Waals surface area contributed by atoms with E-state index in [-0.39, 0.29) is 0 Å². The van der Waals surface area contributed by atoms with Gasteiger partial charge in [0.05, 0.1) is 19.4 Å². The molecule has 0 aliphatic carbocycles. The van der Waals surface area contributed by atoms with Gasteiger partial charge in [0.25, 0.3) is 0 Å². The van der Waals surface area contributed by atoms with Crippen molar-refractivity contribution in [2.45, 2.75) is 32.5 Å². The molecule has 16 heavy (non-hydrogen) atoms. The van der Waals surface area contributed by atoms with Gasteiger partial charge in [-0.1, -0.05) is 12.2 Å². The van der Waals surface area contributed by atoms with Crippen LogP contribution in [0.3, 0.4) is 0 Å². The summed E-state index contributed by atoms with van der Waals surface area (Å²) in [5.41, 5.74) is 1.14. The summed E-state index contributed by atoms with van der Waals surface area (Å²) in [5, 5.41) is 7.70. The van der Waals surface area contributed by atoms with Crippen LogP contribution in [0.4, 0.5) is 0 Å². The second-order valence-corrected chi connectivity index (χ2v) is 4.20. The second kappa shape index (κ2) is 5.27. The van der Waals surface area contributed by atoms with Gasteiger partial charge in [0.2, 0.25) is 0 Å². The number of nitrogens with one attached hydrogen (secondary N) is 1. The first-order valence-corrected chi connectivity index (χ1v) is 5.82. The Morgan fingerprint density at radius 3 is 3.19 bits per heavy atom. The molecule has 1 fully saturated rings. The fraction of sp³-hybridized carbons (Fsp3) is 0.583. The van der Waals surface area contributed by atoms with Crippen LogP contribution in [0.5, 0.6) is 0 Å². The van der Waals surface area contributed by atoms with Crippen molar-refractivity contribution < 1.29 is 4.74 Å². The molecule has 2 heterocycles. The lowest BCUT2D eigenvalue weighted by molar-refractivity contribution is 0.0637. The third-order valence-corrected chi connectivity index (χ3v) is 2.66. The molecule has 2 rings (SSSR count). The largest absolute Gasteiger partial charge is 0.378 e. The van der Waals surface area contributed by atoms with Gasteiger partial charge in [-0.3, -0.25) is 4.68 Å². The van der Waals surface area contributed by atoms with Gasteiger partial charge in [-0.25, -0.2) is 0 Å². The van der Waals surface area contributed by atoms with E-state index >= 15 is 0 Å². The summed E-state index contributed by atoms with van der Waals surface area (Å²) in [6, 6.07) is 0.746. The van der Waals surface area contributed by atoms with Crippen LogP contribution in [0.25, 0.3) is 6.08 Å². The van der Waals surface area contributed by atoms with Crippen LogP contribution < -0.4 is 5.32 Å². The number of hydrogen-bond acceptors (Lipinski definition) is 3. The molecule has 2 unspecified atom stereocenters.